The van der Waals surface area contributed by atoms with Gasteiger partial charge >= 0.3 is 12.1 Å². The fraction of sp³-hybridized carbons (Fsp3) is 0.897. The Morgan fingerprint density at radius 1 is 0.886 bits per heavy atom. The van der Waals surface area contributed by atoms with Crippen LogP contribution >= 0.6 is 0 Å². The van der Waals surface area contributed by atoms with Crippen molar-refractivity contribution in [2.75, 3.05) is 0 Å². The zero-order chi connectivity index (χ0) is 25.5. The Morgan fingerprint density at radius 3 is 2.26 bits per heavy atom. The van der Waals surface area contributed by atoms with Crippen molar-refractivity contribution < 1.29 is 28.6 Å². The summed E-state index contributed by atoms with van der Waals surface area (Å²) < 4.78 is 16.1. The van der Waals surface area contributed by atoms with Crippen LogP contribution in [0, 0.1) is 46.3 Å². The van der Waals surface area contributed by atoms with Gasteiger partial charge in [-0.2, -0.15) is 0 Å². The monoisotopic (exact) mass is 490 g/mol. The van der Waals surface area contributed by atoms with Gasteiger partial charge in [-0.15, -0.1) is 0 Å². The first kappa shape index (κ1) is 26.5. The zero-order valence-corrected chi connectivity index (χ0v) is 22.6. The summed E-state index contributed by atoms with van der Waals surface area (Å²) in [5.41, 5.74) is 0.469. The second kappa shape index (κ2) is 10.0. The molecule has 4 aliphatic carbocycles. The average molecular weight is 491 g/mol. The van der Waals surface area contributed by atoms with Crippen molar-refractivity contribution in [3.05, 3.63) is 0 Å². The molecule has 0 N–H and O–H groups in total. The van der Waals surface area contributed by atoms with E-state index in [0.29, 0.717) is 30.0 Å². The first-order valence-corrected chi connectivity index (χ1v) is 14.1. The van der Waals surface area contributed by atoms with Crippen LogP contribution < -0.4 is 0 Å². The summed E-state index contributed by atoms with van der Waals surface area (Å²) in [4.78, 5) is 36.7. The van der Waals surface area contributed by atoms with E-state index in [9.17, 15) is 14.4 Å². The number of carbonyl (C=O) groups is 3. The van der Waals surface area contributed by atoms with Crippen LogP contribution in [-0.4, -0.2) is 30.3 Å². The van der Waals surface area contributed by atoms with Crippen LogP contribution in [0.5, 0.6) is 0 Å². The number of fused-ring (bicyclic) bond motifs is 5. The third kappa shape index (κ3) is 4.87. The van der Waals surface area contributed by atoms with Crippen molar-refractivity contribution in [2.24, 2.45) is 46.3 Å². The van der Waals surface area contributed by atoms with Crippen LogP contribution in [0.2, 0.25) is 0 Å². The molecule has 4 unspecified atom stereocenters. The fourth-order valence-electron chi connectivity index (χ4n) is 8.76. The van der Waals surface area contributed by atoms with Crippen LogP contribution in [0.25, 0.3) is 0 Å². The van der Waals surface area contributed by atoms with Crippen LogP contribution in [-0.2, 0) is 23.8 Å². The van der Waals surface area contributed by atoms with E-state index in [0.717, 1.165) is 31.6 Å². The number of ketones is 1. The summed E-state index contributed by atoms with van der Waals surface area (Å²) in [5, 5.41) is 0. The summed E-state index contributed by atoms with van der Waals surface area (Å²) in [6.45, 7) is 11.9. The highest BCUT2D eigenvalue weighted by Crippen LogP contribution is 2.67. The van der Waals surface area contributed by atoms with Crippen LogP contribution in [0.15, 0.2) is 0 Å². The van der Waals surface area contributed by atoms with Crippen molar-refractivity contribution in [1.29, 1.82) is 0 Å². The van der Waals surface area contributed by atoms with E-state index in [1.165, 1.54) is 32.1 Å². The first-order chi connectivity index (χ1) is 16.5. The first-order valence-electron chi connectivity index (χ1n) is 14.1. The van der Waals surface area contributed by atoms with Gasteiger partial charge in [0.15, 0.2) is 0 Å². The number of hydrogen-bond donors (Lipinski definition) is 0. The van der Waals surface area contributed by atoms with Gasteiger partial charge in [0.2, 0.25) is 6.29 Å². The van der Waals surface area contributed by atoms with E-state index in [1.54, 1.807) is 20.8 Å². The van der Waals surface area contributed by atoms with Crippen LogP contribution in [0.3, 0.4) is 0 Å². The molecule has 0 heterocycles. The molecule has 0 saturated heterocycles. The van der Waals surface area contributed by atoms with Gasteiger partial charge in [0.05, 0.1) is 5.92 Å². The topological polar surface area (TPSA) is 78.9 Å². The molecule has 4 saturated carbocycles. The Kier molecular flexibility index (Phi) is 7.60. The van der Waals surface area contributed by atoms with Crippen molar-refractivity contribution in [3.63, 3.8) is 0 Å². The summed E-state index contributed by atoms with van der Waals surface area (Å²) in [6.07, 6.45) is 8.72. The third-order valence-electron chi connectivity index (χ3n) is 10.9. The third-order valence-corrected chi connectivity index (χ3v) is 10.9. The number of rotatable bonds is 6. The lowest BCUT2D eigenvalue weighted by Gasteiger charge is -2.61. The van der Waals surface area contributed by atoms with Gasteiger partial charge in [-0.05, 0) is 106 Å². The Hall–Kier alpha value is -1.59. The molecule has 0 aromatic rings. The molecule has 0 amide bonds. The number of Topliss-reactive ketones (excluding diaryl/α,β-unsaturated/α-hetero) is 1. The minimum absolute atomic E-state index is 0.142. The molecule has 0 bridgehead atoms. The molecule has 0 aromatic carbocycles. The molecule has 4 fully saturated rings. The molecule has 0 aliphatic heterocycles. The summed E-state index contributed by atoms with van der Waals surface area (Å²) in [5.74, 6) is 2.71. The number of ether oxygens (including phenoxy) is 3. The molecule has 4 aliphatic rings. The van der Waals surface area contributed by atoms with Crippen molar-refractivity contribution >= 4 is 17.9 Å². The highest BCUT2D eigenvalue weighted by atomic mass is 16.8. The highest BCUT2D eigenvalue weighted by molar-refractivity contribution is 5.79. The van der Waals surface area contributed by atoms with Gasteiger partial charge < -0.3 is 14.2 Å². The van der Waals surface area contributed by atoms with Gasteiger partial charge in [-0.3, -0.25) is 9.59 Å². The van der Waals surface area contributed by atoms with Gasteiger partial charge in [-0.1, -0.05) is 27.7 Å². The minimum atomic E-state index is -0.949. The standard InChI is InChI=1S/C29H46O6/c1-7-17(2)26(31)33-19(4)34-27(32)35-21-12-14-28(5)20(16-21)8-9-22-24-11-10-23(18(3)30)29(24,6)15-13-25(22)28/h17,19-25H,7-16H2,1-6H3/t17?,19?,20-,21+,22?,23+,24-,25-,28?,29+/m0/s1. The second-order valence-corrected chi connectivity index (χ2v) is 12.6. The maximum atomic E-state index is 12.4. The molecule has 0 spiro atoms. The average Bonchev–Trinajstić information content (AvgIpc) is 3.16. The number of esters is 1. The quantitative estimate of drug-likeness (QED) is 0.305. The molecule has 10 atom stereocenters. The molecule has 6 heteroatoms. The molecule has 6 nitrogen and oxygen atoms in total. The van der Waals surface area contributed by atoms with E-state index < -0.39 is 12.4 Å². The summed E-state index contributed by atoms with van der Waals surface area (Å²) >= 11 is 0. The largest absolute Gasteiger partial charge is 0.511 e. The lowest BCUT2D eigenvalue weighted by Crippen LogP contribution is -2.54. The van der Waals surface area contributed by atoms with Gasteiger partial charge in [0.1, 0.15) is 11.9 Å². The predicted octanol–water partition coefficient (Wildman–Crippen LogP) is 6.69. The molecule has 0 radical (unpaired) electrons. The maximum absolute atomic E-state index is 12.4. The van der Waals surface area contributed by atoms with E-state index in [1.807, 2.05) is 6.92 Å². The Balaban J connectivity index is 1.33. The van der Waals surface area contributed by atoms with Gasteiger partial charge in [0, 0.05) is 12.8 Å². The predicted molar refractivity (Wildman–Crippen MR) is 132 cm³/mol. The smallest absolute Gasteiger partial charge is 0.431 e. The zero-order valence-electron chi connectivity index (χ0n) is 22.6. The van der Waals surface area contributed by atoms with E-state index in [-0.39, 0.29) is 34.7 Å². The van der Waals surface area contributed by atoms with Gasteiger partial charge in [-0.25, -0.2) is 4.79 Å². The van der Waals surface area contributed by atoms with Crippen molar-refractivity contribution in [3.8, 4) is 0 Å². The molecular formula is C29H46O6. The Morgan fingerprint density at radius 2 is 1.57 bits per heavy atom. The number of hydrogen-bond acceptors (Lipinski definition) is 6. The van der Waals surface area contributed by atoms with Gasteiger partial charge in [0.25, 0.3) is 0 Å². The molecule has 198 valence electrons. The molecular weight excluding hydrogens is 444 g/mol. The van der Waals surface area contributed by atoms with Crippen molar-refractivity contribution in [2.45, 2.75) is 118 Å². The van der Waals surface area contributed by atoms with E-state index in [2.05, 4.69) is 13.8 Å². The molecule has 0 aromatic heterocycles. The molecule has 4 rings (SSSR count). The lowest BCUT2D eigenvalue weighted by atomic mass is 9.44. The Bertz CT molecular complexity index is 824. The fourth-order valence-corrected chi connectivity index (χ4v) is 8.76. The highest BCUT2D eigenvalue weighted by Gasteiger charge is 2.61. The SMILES string of the molecule is CCC(C)C(=O)OC(C)OC(=O)O[C@@H]1CCC2(C)[C@@H](CCC3[C@@H]2CC[C@]2(C)[C@@H](C(C)=O)CC[C@@H]32)C1. The Labute approximate surface area is 211 Å². The summed E-state index contributed by atoms with van der Waals surface area (Å²) in [6, 6.07) is 0. The van der Waals surface area contributed by atoms with E-state index in [4.69, 9.17) is 14.2 Å². The maximum Gasteiger partial charge on any atom is 0.511 e. The van der Waals surface area contributed by atoms with Crippen LogP contribution in [0.4, 0.5) is 4.79 Å². The van der Waals surface area contributed by atoms with Crippen molar-refractivity contribution in [1.82, 2.24) is 0 Å². The van der Waals surface area contributed by atoms with E-state index >= 15 is 0 Å². The second-order valence-electron chi connectivity index (χ2n) is 12.6. The molecule has 35 heavy (non-hydrogen) atoms. The minimum Gasteiger partial charge on any atom is -0.431 e. The van der Waals surface area contributed by atoms with Crippen LogP contribution in [0.1, 0.15) is 106 Å². The lowest BCUT2D eigenvalue weighted by molar-refractivity contribution is -0.175. The summed E-state index contributed by atoms with van der Waals surface area (Å²) in [7, 11) is 0. The number of carbonyl (C=O) groups excluding carboxylic acids is 3. The normalized spacial score (nSPS) is 42.0.